The van der Waals surface area contributed by atoms with Gasteiger partial charge in [0.25, 0.3) is 0 Å². The summed E-state index contributed by atoms with van der Waals surface area (Å²) in [6.45, 7) is 3.39. The highest BCUT2D eigenvalue weighted by atomic mass is 32.3. The lowest BCUT2D eigenvalue weighted by Gasteiger charge is -2.22. The normalized spacial score (nSPS) is 12.8. The van der Waals surface area contributed by atoms with E-state index in [1.165, 1.54) is 37.8 Å². The van der Waals surface area contributed by atoms with Crippen molar-refractivity contribution >= 4 is 20.0 Å². The van der Waals surface area contributed by atoms with Gasteiger partial charge in [0.1, 0.15) is 18.1 Å². The first kappa shape index (κ1) is 28.9. The summed E-state index contributed by atoms with van der Waals surface area (Å²) < 4.78 is 114. The summed E-state index contributed by atoms with van der Waals surface area (Å²) in [5.41, 5.74) is -11.2. The lowest BCUT2D eigenvalue weighted by atomic mass is 10.1. The number of sulfonamides is 2. The first-order chi connectivity index (χ1) is 15.1. The van der Waals surface area contributed by atoms with Crippen molar-refractivity contribution in [1.29, 1.82) is 0 Å². The van der Waals surface area contributed by atoms with Gasteiger partial charge in [-0.1, -0.05) is 44.4 Å². The molecule has 0 spiro atoms. The number of unbranched alkanes of at least 4 members (excludes halogenated alkanes) is 4. The summed E-state index contributed by atoms with van der Waals surface area (Å²) in [6, 6.07) is 10.5. The van der Waals surface area contributed by atoms with Gasteiger partial charge in [-0.2, -0.15) is 26.3 Å². The molecule has 0 radical (unpaired) electrons. The molecule has 0 amide bonds. The van der Waals surface area contributed by atoms with E-state index in [1.54, 1.807) is 0 Å². The number of aryl methyl sites for hydroxylation is 1. The average molecular weight is 524 g/mol. The van der Waals surface area contributed by atoms with Crippen LogP contribution in [-0.4, -0.2) is 32.4 Å². The SMILES string of the molecule is CCCCCCC[n+]1ccn(-c2ccccc2)c1.O=S(=O)([N-]S(=O)(=O)C(F)(F)F)C(F)(F)F. The van der Waals surface area contributed by atoms with Crippen molar-refractivity contribution in [2.75, 3.05) is 0 Å². The molecule has 188 valence electrons. The van der Waals surface area contributed by atoms with Crippen LogP contribution >= 0.6 is 0 Å². The highest BCUT2D eigenvalue weighted by Crippen LogP contribution is 2.36. The summed E-state index contributed by atoms with van der Waals surface area (Å²) in [4.78, 5) is 0. The number of imidazole rings is 1. The lowest BCUT2D eigenvalue weighted by Crippen LogP contribution is -2.30. The highest BCUT2D eigenvalue weighted by molar-refractivity contribution is 8.13. The Kier molecular flexibility index (Phi) is 10.4. The van der Waals surface area contributed by atoms with E-state index < -0.39 is 31.1 Å². The van der Waals surface area contributed by atoms with Gasteiger partial charge in [-0.15, -0.1) is 0 Å². The first-order valence-electron chi connectivity index (χ1n) is 9.60. The monoisotopic (exact) mass is 523 g/mol. The molecule has 0 aliphatic carbocycles. The molecule has 1 heterocycles. The Morgan fingerprint density at radius 2 is 1.36 bits per heavy atom. The maximum Gasteiger partial charge on any atom is 0.480 e. The molecule has 0 atom stereocenters. The number of hydrogen-bond donors (Lipinski definition) is 0. The predicted octanol–water partition coefficient (Wildman–Crippen LogP) is 4.79. The molecule has 0 N–H and O–H groups in total. The Bertz CT molecular complexity index is 1020. The second-order valence-corrected chi connectivity index (χ2v) is 10.1. The van der Waals surface area contributed by atoms with E-state index in [-0.39, 0.29) is 0 Å². The van der Waals surface area contributed by atoms with Gasteiger partial charge < -0.3 is 4.13 Å². The van der Waals surface area contributed by atoms with E-state index in [9.17, 15) is 43.2 Å². The van der Waals surface area contributed by atoms with Gasteiger partial charge in [-0.05, 0) is 25.0 Å². The third-order valence-electron chi connectivity index (χ3n) is 4.05. The summed E-state index contributed by atoms with van der Waals surface area (Å²) >= 11 is 0. The molecule has 0 aliphatic rings. The van der Waals surface area contributed by atoms with Gasteiger partial charge in [0.15, 0.2) is 20.0 Å². The molecule has 1 aromatic carbocycles. The van der Waals surface area contributed by atoms with Crippen molar-refractivity contribution in [3.63, 3.8) is 0 Å². The Morgan fingerprint density at radius 1 is 0.848 bits per heavy atom. The van der Waals surface area contributed by atoms with Crippen molar-refractivity contribution in [3.05, 3.63) is 53.2 Å². The minimum atomic E-state index is -6.72. The Hall–Kier alpha value is -2.13. The quantitative estimate of drug-likeness (QED) is 0.268. The molecular weight excluding hydrogens is 500 g/mol. The maximum absolute atomic E-state index is 11.4. The number of alkyl halides is 6. The van der Waals surface area contributed by atoms with Crippen LogP contribution in [-0.2, 0) is 26.6 Å². The highest BCUT2D eigenvalue weighted by Gasteiger charge is 2.46. The molecule has 0 fully saturated rings. The van der Waals surface area contributed by atoms with Crippen molar-refractivity contribution < 1.29 is 47.7 Å². The van der Waals surface area contributed by atoms with Crippen molar-refractivity contribution in [1.82, 2.24) is 4.57 Å². The fourth-order valence-electron chi connectivity index (χ4n) is 2.39. The Morgan fingerprint density at radius 3 is 1.85 bits per heavy atom. The average Bonchev–Trinajstić information content (AvgIpc) is 3.15. The molecular formula is C18H23F6N3O4S2. The maximum atomic E-state index is 11.4. The molecule has 1 aromatic heterocycles. The number of para-hydroxylation sites is 1. The van der Waals surface area contributed by atoms with E-state index in [1.807, 2.05) is 0 Å². The van der Waals surface area contributed by atoms with Crippen LogP contribution in [0.4, 0.5) is 26.3 Å². The third kappa shape index (κ3) is 9.33. The van der Waals surface area contributed by atoms with Crippen LogP contribution in [0.2, 0.25) is 0 Å². The lowest BCUT2D eigenvalue weighted by molar-refractivity contribution is -0.696. The zero-order valence-electron chi connectivity index (χ0n) is 17.4. The smallest absolute Gasteiger partial charge is 0.421 e. The molecule has 15 heteroatoms. The predicted molar refractivity (Wildman–Crippen MR) is 108 cm³/mol. The van der Waals surface area contributed by atoms with Crippen LogP contribution in [0.5, 0.6) is 0 Å². The van der Waals surface area contributed by atoms with Crippen LogP contribution in [0.15, 0.2) is 49.1 Å². The number of rotatable bonds is 9. The third-order valence-corrected chi connectivity index (χ3v) is 6.79. The molecule has 0 saturated heterocycles. The van der Waals surface area contributed by atoms with Gasteiger partial charge in [0.05, 0.1) is 6.54 Å². The molecule has 33 heavy (non-hydrogen) atoms. The van der Waals surface area contributed by atoms with E-state index >= 15 is 0 Å². The minimum absolute atomic E-state index is 0.778. The van der Waals surface area contributed by atoms with Crippen LogP contribution in [0.25, 0.3) is 9.81 Å². The topological polar surface area (TPSA) is 91.2 Å². The van der Waals surface area contributed by atoms with Crippen molar-refractivity contribution in [2.24, 2.45) is 0 Å². The second kappa shape index (κ2) is 11.8. The number of halogens is 6. The van der Waals surface area contributed by atoms with Crippen molar-refractivity contribution in [3.8, 4) is 5.69 Å². The number of benzene rings is 1. The first-order valence-corrected chi connectivity index (χ1v) is 12.5. The zero-order chi connectivity index (χ0) is 25.3. The molecule has 0 unspecified atom stereocenters. The van der Waals surface area contributed by atoms with E-state index in [2.05, 4.69) is 65.1 Å². The minimum Gasteiger partial charge on any atom is -0.421 e. The van der Waals surface area contributed by atoms with Crippen LogP contribution in [0, 0.1) is 0 Å². The van der Waals surface area contributed by atoms with Gasteiger partial charge in [-0.25, -0.2) is 26.0 Å². The Balaban J connectivity index is 0.000000337. The summed E-state index contributed by atoms with van der Waals surface area (Å²) in [5, 5.41) is 0. The fraction of sp³-hybridized carbons (Fsp3) is 0.500. The zero-order valence-corrected chi connectivity index (χ0v) is 19.1. The van der Waals surface area contributed by atoms with E-state index in [4.69, 9.17) is 0 Å². The van der Waals surface area contributed by atoms with Gasteiger partial charge in [0.2, 0.25) is 6.33 Å². The van der Waals surface area contributed by atoms with Gasteiger partial charge in [0, 0.05) is 0 Å². The van der Waals surface area contributed by atoms with Crippen LogP contribution in [0.1, 0.15) is 39.0 Å². The second-order valence-electron chi connectivity index (χ2n) is 6.72. The van der Waals surface area contributed by atoms with Crippen molar-refractivity contribution in [2.45, 2.75) is 56.6 Å². The number of nitrogens with zero attached hydrogens (tertiary/aromatic N) is 3. The van der Waals surface area contributed by atoms with E-state index in [0.717, 1.165) is 10.7 Å². The summed E-state index contributed by atoms with van der Waals surface area (Å²) in [5.74, 6) is 0. The molecule has 2 rings (SSSR count). The standard InChI is InChI=1S/C16H23N2.C2F6NO4S2/c1-2-3-4-5-9-12-17-13-14-18(15-17)16-10-7-6-8-11-16;3-1(4,5)14(10,11)9-15(12,13)2(6,7)8/h6-8,10-11,13-15H,2-5,9,12H2,1H3;/q+1;-1. The fourth-order valence-corrected chi connectivity index (χ4v) is 4.10. The molecule has 0 aliphatic heterocycles. The summed E-state index contributed by atoms with van der Waals surface area (Å²) in [7, 11) is -13.4. The largest absolute Gasteiger partial charge is 0.480 e. The molecule has 2 aromatic rings. The van der Waals surface area contributed by atoms with Gasteiger partial charge >= 0.3 is 11.0 Å². The summed E-state index contributed by atoms with van der Waals surface area (Å²) in [6.07, 6.45) is 13.1. The molecule has 0 bridgehead atoms. The molecule has 7 nitrogen and oxygen atoms in total. The van der Waals surface area contributed by atoms with Crippen LogP contribution < -0.4 is 4.57 Å². The number of aromatic nitrogens is 2. The van der Waals surface area contributed by atoms with Gasteiger partial charge in [-0.3, -0.25) is 0 Å². The number of hydrogen-bond acceptors (Lipinski definition) is 4. The van der Waals surface area contributed by atoms with E-state index in [0.29, 0.717) is 0 Å². The molecule has 0 saturated carbocycles. The van der Waals surface area contributed by atoms with Crippen LogP contribution in [0.3, 0.4) is 0 Å². The Labute approximate surface area is 188 Å².